The first-order valence-corrected chi connectivity index (χ1v) is 11.4. The van der Waals surface area contributed by atoms with E-state index < -0.39 is 6.04 Å². The zero-order chi connectivity index (χ0) is 22.1. The fourth-order valence-corrected chi connectivity index (χ4v) is 4.40. The number of ether oxygens (including phenoxy) is 1. The molecule has 1 aliphatic heterocycles. The number of piperidine rings is 1. The van der Waals surface area contributed by atoms with Crippen LogP contribution in [0.5, 0.6) is 0 Å². The average molecular weight is 444 g/mol. The highest BCUT2D eigenvalue weighted by Crippen LogP contribution is 2.23. The lowest BCUT2D eigenvalue weighted by atomic mass is 9.88. The number of carbonyl (C=O) groups excluding carboxylic acids is 3. The number of carbonyl (C=O) groups is 3. The number of nitrogens with zero attached hydrogens (tertiary/aromatic N) is 1. The Hall–Kier alpha value is -2.71. The Kier molecular flexibility index (Phi) is 8.61. The van der Waals surface area contributed by atoms with E-state index in [0.29, 0.717) is 50.4 Å². The van der Waals surface area contributed by atoms with Gasteiger partial charge in [-0.2, -0.15) is 0 Å². The number of nitrogens with one attached hydrogen (secondary N) is 2. The highest BCUT2D eigenvalue weighted by atomic mass is 32.1. The van der Waals surface area contributed by atoms with Gasteiger partial charge in [0.05, 0.1) is 17.9 Å². The Balaban J connectivity index is 1.59. The van der Waals surface area contributed by atoms with Gasteiger partial charge in [-0.25, -0.2) is 0 Å². The normalized spacial score (nSPS) is 15.3. The van der Waals surface area contributed by atoms with Crippen LogP contribution in [0, 0.1) is 5.92 Å². The van der Waals surface area contributed by atoms with Gasteiger partial charge >= 0.3 is 0 Å². The van der Waals surface area contributed by atoms with E-state index in [-0.39, 0.29) is 23.6 Å². The lowest BCUT2D eigenvalue weighted by Crippen LogP contribution is -2.54. The molecule has 8 heteroatoms. The molecule has 3 rings (SSSR count). The summed E-state index contributed by atoms with van der Waals surface area (Å²) in [6.07, 6.45) is 1.70. The third kappa shape index (κ3) is 6.63. The Labute approximate surface area is 186 Å². The molecule has 0 saturated carbocycles. The second-order valence-corrected chi connectivity index (χ2v) is 8.54. The number of amides is 3. The van der Waals surface area contributed by atoms with Crippen LogP contribution in [-0.2, 0) is 20.7 Å². The number of hydrogen-bond acceptors (Lipinski definition) is 5. The summed E-state index contributed by atoms with van der Waals surface area (Å²) in [7, 11) is 1.57. The van der Waals surface area contributed by atoms with Gasteiger partial charge in [-0.05, 0) is 35.8 Å². The zero-order valence-electron chi connectivity index (χ0n) is 17.7. The predicted octanol–water partition coefficient (Wildman–Crippen LogP) is 2.09. The number of methoxy groups -OCH3 is 1. The Morgan fingerprint density at radius 3 is 2.52 bits per heavy atom. The highest BCUT2D eigenvalue weighted by molar-refractivity contribution is 7.12. The number of rotatable bonds is 9. The minimum atomic E-state index is -0.641. The van der Waals surface area contributed by atoms with Gasteiger partial charge < -0.3 is 20.3 Å². The number of benzene rings is 1. The molecule has 1 aromatic carbocycles. The molecule has 0 bridgehead atoms. The van der Waals surface area contributed by atoms with Crippen molar-refractivity contribution in [3.05, 3.63) is 58.3 Å². The van der Waals surface area contributed by atoms with Gasteiger partial charge in [0.1, 0.15) is 6.04 Å². The predicted molar refractivity (Wildman–Crippen MR) is 120 cm³/mol. The van der Waals surface area contributed by atoms with Crippen LogP contribution in [0.3, 0.4) is 0 Å². The smallest absolute Gasteiger partial charge is 0.262 e. The highest BCUT2D eigenvalue weighted by Gasteiger charge is 2.34. The maximum atomic E-state index is 12.8. The van der Waals surface area contributed by atoms with Crippen molar-refractivity contribution in [3.63, 3.8) is 0 Å². The topological polar surface area (TPSA) is 87.7 Å². The molecule has 3 amide bonds. The molecule has 0 radical (unpaired) electrons. The minimum absolute atomic E-state index is 0.0350. The van der Waals surface area contributed by atoms with Crippen LogP contribution in [-0.4, -0.2) is 62.0 Å². The molecule has 1 atom stereocenters. The van der Waals surface area contributed by atoms with E-state index in [4.69, 9.17) is 4.74 Å². The summed E-state index contributed by atoms with van der Waals surface area (Å²) in [6, 6.07) is 12.6. The molecule has 31 heavy (non-hydrogen) atoms. The third-order valence-corrected chi connectivity index (χ3v) is 6.35. The van der Waals surface area contributed by atoms with E-state index >= 15 is 0 Å². The van der Waals surface area contributed by atoms with Crippen molar-refractivity contribution in [2.75, 3.05) is 33.4 Å². The van der Waals surface area contributed by atoms with Gasteiger partial charge in [0, 0.05) is 26.7 Å². The summed E-state index contributed by atoms with van der Waals surface area (Å²) < 4.78 is 5.00. The van der Waals surface area contributed by atoms with Crippen LogP contribution < -0.4 is 10.6 Å². The monoisotopic (exact) mass is 443 g/mol. The van der Waals surface area contributed by atoms with Crippen molar-refractivity contribution < 1.29 is 19.1 Å². The summed E-state index contributed by atoms with van der Waals surface area (Å²) in [6.45, 7) is 1.94. The maximum absolute atomic E-state index is 12.8. The summed E-state index contributed by atoms with van der Waals surface area (Å²) >= 11 is 1.34. The Morgan fingerprint density at radius 2 is 1.87 bits per heavy atom. The minimum Gasteiger partial charge on any atom is -0.383 e. The number of thiophene rings is 1. The fraction of sp³-hybridized carbons (Fsp3) is 0.435. The lowest BCUT2D eigenvalue weighted by Gasteiger charge is -2.36. The second-order valence-electron chi connectivity index (χ2n) is 7.59. The van der Waals surface area contributed by atoms with Crippen LogP contribution in [0.2, 0.25) is 0 Å². The van der Waals surface area contributed by atoms with E-state index in [1.54, 1.807) is 13.2 Å². The molecule has 166 valence electrons. The van der Waals surface area contributed by atoms with Gasteiger partial charge in [0.25, 0.3) is 5.91 Å². The van der Waals surface area contributed by atoms with Gasteiger partial charge in [-0.15, -0.1) is 11.3 Å². The molecule has 2 N–H and O–H groups in total. The zero-order valence-corrected chi connectivity index (χ0v) is 18.5. The first kappa shape index (κ1) is 23.0. The summed E-state index contributed by atoms with van der Waals surface area (Å²) in [5, 5.41) is 7.59. The molecule has 2 aromatic rings. The van der Waals surface area contributed by atoms with Crippen LogP contribution in [0.4, 0.5) is 0 Å². The Bertz CT molecular complexity index is 849. The molecule has 1 unspecified atom stereocenters. The van der Waals surface area contributed by atoms with Crippen molar-refractivity contribution in [3.8, 4) is 0 Å². The van der Waals surface area contributed by atoms with Crippen molar-refractivity contribution in [1.29, 1.82) is 0 Å². The molecular formula is C23H29N3O4S. The van der Waals surface area contributed by atoms with Crippen molar-refractivity contribution in [1.82, 2.24) is 15.5 Å². The molecule has 1 aliphatic rings. The van der Waals surface area contributed by atoms with E-state index in [2.05, 4.69) is 10.6 Å². The third-order valence-electron chi connectivity index (χ3n) is 5.48. The van der Waals surface area contributed by atoms with Crippen LogP contribution in [0.25, 0.3) is 0 Å². The van der Waals surface area contributed by atoms with Gasteiger partial charge in [-0.1, -0.05) is 36.4 Å². The average Bonchev–Trinajstić information content (AvgIpc) is 3.33. The van der Waals surface area contributed by atoms with E-state index in [1.807, 2.05) is 46.7 Å². The van der Waals surface area contributed by atoms with E-state index in [0.717, 1.165) is 5.56 Å². The number of hydrogen-bond donors (Lipinski definition) is 2. The standard InChI is InChI=1S/C23H29N3O4S/c1-30-14-11-24-23(29)21(25-22(28)19-8-5-15-31-19)18-9-12-26(13-10-18)20(27)16-17-6-3-2-4-7-17/h2-8,15,18,21H,9-14,16H2,1H3,(H,24,29)(H,25,28). The maximum Gasteiger partial charge on any atom is 0.262 e. The van der Waals surface area contributed by atoms with Gasteiger partial charge in [0.15, 0.2) is 0 Å². The largest absolute Gasteiger partial charge is 0.383 e. The molecule has 7 nitrogen and oxygen atoms in total. The molecular weight excluding hydrogens is 414 g/mol. The van der Waals surface area contributed by atoms with Crippen LogP contribution in [0.15, 0.2) is 47.8 Å². The number of likely N-dealkylation sites (tertiary alicyclic amines) is 1. The summed E-state index contributed by atoms with van der Waals surface area (Å²) in [5.41, 5.74) is 0.994. The van der Waals surface area contributed by atoms with Gasteiger partial charge in [-0.3, -0.25) is 14.4 Å². The SMILES string of the molecule is COCCNC(=O)C(NC(=O)c1cccs1)C1CCN(C(=O)Cc2ccccc2)CC1. The van der Waals surface area contributed by atoms with Crippen molar-refractivity contribution in [2.24, 2.45) is 5.92 Å². The first-order chi connectivity index (χ1) is 15.1. The van der Waals surface area contributed by atoms with Crippen molar-refractivity contribution in [2.45, 2.75) is 25.3 Å². The lowest BCUT2D eigenvalue weighted by molar-refractivity contribution is -0.132. The van der Waals surface area contributed by atoms with E-state index in [9.17, 15) is 14.4 Å². The summed E-state index contributed by atoms with van der Waals surface area (Å²) in [5.74, 6) is -0.402. The first-order valence-electron chi connectivity index (χ1n) is 10.5. The quantitative estimate of drug-likeness (QED) is 0.581. The van der Waals surface area contributed by atoms with Crippen LogP contribution in [0.1, 0.15) is 28.1 Å². The fourth-order valence-electron chi connectivity index (χ4n) is 3.77. The molecule has 1 saturated heterocycles. The Morgan fingerprint density at radius 1 is 1.13 bits per heavy atom. The van der Waals surface area contributed by atoms with Crippen molar-refractivity contribution >= 4 is 29.1 Å². The summed E-state index contributed by atoms with van der Waals surface area (Å²) in [4.78, 5) is 40.5. The van der Waals surface area contributed by atoms with Gasteiger partial charge in [0.2, 0.25) is 11.8 Å². The molecule has 1 fully saturated rings. The second kappa shape index (κ2) is 11.6. The van der Waals surface area contributed by atoms with Crippen LogP contribution >= 0.6 is 11.3 Å². The molecule has 1 aromatic heterocycles. The molecule has 0 spiro atoms. The molecule has 2 heterocycles. The van der Waals surface area contributed by atoms with E-state index in [1.165, 1.54) is 11.3 Å². The molecule has 0 aliphatic carbocycles.